The molecule has 1 heterocycles. The van der Waals surface area contributed by atoms with Crippen LogP contribution in [0, 0.1) is 17.1 Å². The summed E-state index contributed by atoms with van der Waals surface area (Å²) in [5.74, 6) is -2.87. The number of aliphatic hydroxyl groups is 1. The van der Waals surface area contributed by atoms with Crippen molar-refractivity contribution in [3.8, 4) is 11.8 Å². The first kappa shape index (κ1) is 23.3. The Morgan fingerprint density at radius 1 is 1.09 bits per heavy atom. The van der Waals surface area contributed by atoms with Crippen LogP contribution in [-0.2, 0) is 9.59 Å². The van der Waals surface area contributed by atoms with E-state index in [2.05, 4.69) is 0 Å². The molecule has 1 unspecified atom stereocenters. The Kier molecular flexibility index (Phi) is 6.29. The van der Waals surface area contributed by atoms with E-state index in [9.17, 15) is 19.1 Å². The number of halogens is 3. The topological polar surface area (TPSA) is 90.6 Å². The molecule has 1 amide bonds. The van der Waals surface area contributed by atoms with Crippen LogP contribution in [0.3, 0.4) is 0 Å². The Hall–Kier alpha value is -3.86. The number of nitrogens with zero attached hydrogens (tertiary/aromatic N) is 2. The van der Waals surface area contributed by atoms with E-state index in [-0.39, 0.29) is 26.9 Å². The number of hydrogen-bond donors (Lipinski definition) is 1. The third-order valence-corrected chi connectivity index (χ3v) is 5.87. The van der Waals surface area contributed by atoms with Gasteiger partial charge in [-0.1, -0.05) is 35.3 Å². The van der Waals surface area contributed by atoms with Gasteiger partial charge in [0.15, 0.2) is 0 Å². The van der Waals surface area contributed by atoms with Gasteiger partial charge in [-0.3, -0.25) is 14.5 Å². The normalized spacial score (nSPS) is 17.0. The van der Waals surface area contributed by atoms with Crippen molar-refractivity contribution in [1.82, 2.24) is 0 Å². The number of anilines is 1. The quantitative estimate of drug-likeness (QED) is 0.286. The smallest absolute Gasteiger partial charge is 0.300 e. The zero-order chi connectivity index (χ0) is 24.6. The lowest BCUT2D eigenvalue weighted by atomic mass is 9.94. The Morgan fingerprint density at radius 3 is 2.32 bits per heavy atom. The van der Waals surface area contributed by atoms with E-state index in [4.69, 9.17) is 33.2 Å². The molecule has 1 N–H and O–H groups in total. The molecule has 0 saturated carbocycles. The van der Waals surface area contributed by atoms with Crippen LogP contribution in [0.5, 0.6) is 5.75 Å². The summed E-state index contributed by atoms with van der Waals surface area (Å²) < 4.78 is 18.9. The van der Waals surface area contributed by atoms with Gasteiger partial charge >= 0.3 is 0 Å². The van der Waals surface area contributed by atoms with Gasteiger partial charge in [-0.15, -0.1) is 0 Å². The maximum Gasteiger partial charge on any atom is 0.300 e. The summed E-state index contributed by atoms with van der Waals surface area (Å²) in [7, 11) is 1.33. The first-order valence-electron chi connectivity index (χ1n) is 9.86. The second kappa shape index (κ2) is 9.18. The average Bonchev–Trinajstić information content (AvgIpc) is 3.09. The minimum atomic E-state index is -1.10. The highest BCUT2D eigenvalue weighted by Gasteiger charge is 2.47. The summed E-state index contributed by atoms with van der Waals surface area (Å²) in [4.78, 5) is 27.5. The molecule has 0 aliphatic carbocycles. The molecule has 1 aliphatic heterocycles. The minimum Gasteiger partial charge on any atom is -0.507 e. The Balaban J connectivity index is 1.99. The Bertz CT molecular complexity index is 1380. The van der Waals surface area contributed by atoms with Crippen molar-refractivity contribution < 1.29 is 23.8 Å². The van der Waals surface area contributed by atoms with Gasteiger partial charge in [0.05, 0.1) is 40.9 Å². The fourth-order valence-corrected chi connectivity index (χ4v) is 4.42. The molecule has 34 heavy (non-hydrogen) atoms. The molecular formula is C25H15Cl2FN2O4. The van der Waals surface area contributed by atoms with Crippen molar-refractivity contribution in [2.75, 3.05) is 12.0 Å². The zero-order valence-electron chi connectivity index (χ0n) is 17.6. The third-order valence-electron chi connectivity index (χ3n) is 5.37. The van der Waals surface area contributed by atoms with Gasteiger partial charge in [0, 0.05) is 10.7 Å². The molecule has 0 radical (unpaired) electrons. The van der Waals surface area contributed by atoms with E-state index in [1.54, 1.807) is 0 Å². The summed E-state index contributed by atoms with van der Waals surface area (Å²) in [6.45, 7) is 0. The summed E-state index contributed by atoms with van der Waals surface area (Å²) >= 11 is 12.3. The van der Waals surface area contributed by atoms with Gasteiger partial charge in [0.25, 0.3) is 11.7 Å². The Labute approximate surface area is 204 Å². The third kappa shape index (κ3) is 3.98. The maximum absolute atomic E-state index is 13.7. The molecule has 0 spiro atoms. The number of carbonyl (C=O) groups excluding carboxylic acids is 2. The van der Waals surface area contributed by atoms with E-state index in [1.165, 1.54) is 72.7 Å². The van der Waals surface area contributed by atoms with E-state index in [1.807, 2.05) is 6.07 Å². The van der Waals surface area contributed by atoms with Gasteiger partial charge in [0.2, 0.25) is 0 Å². The maximum atomic E-state index is 13.7. The van der Waals surface area contributed by atoms with Crippen molar-refractivity contribution in [3.63, 3.8) is 0 Å². The van der Waals surface area contributed by atoms with Crippen LogP contribution in [0.1, 0.15) is 22.7 Å². The van der Waals surface area contributed by atoms with Crippen LogP contribution < -0.4 is 9.64 Å². The summed E-state index contributed by atoms with van der Waals surface area (Å²) in [6.07, 6.45) is 0. The molecule has 3 aromatic rings. The van der Waals surface area contributed by atoms with Crippen molar-refractivity contribution >= 4 is 46.3 Å². The molecule has 1 fully saturated rings. The largest absolute Gasteiger partial charge is 0.507 e. The zero-order valence-corrected chi connectivity index (χ0v) is 19.1. The summed E-state index contributed by atoms with van der Waals surface area (Å²) in [6, 6.07) is 14.9. The molecule has 3 aromatic carbocycles. The predicted octanol–water partition coefficient (Wildman–Crippen LogP) is 5.64. The van der Waals surface area contributed by atoms with Gasteiger partial charge in [0.1, 0.15) is 17.3 Å². The van der Waals surface area contributed by atoms with Crippen molar-refractivity contribution in [2.24, 2.45) is 0 Å². The number of aliphatic hydroxyl groups excluding tert-OH is 1. The first-order chi connectivity index (χ1) is 16.3. The highest BCUT2D eigenvalue weighted by Crippen LogP contribution is 2.44. The fourth-order valence-electron chi connectivity index (χ4n) is 3.84. The molecular weight excluding hydrogens is 482 g/mol. The van der Waals surface area contributed by atoms with Gasteiger partial charge in [-0.25, -0.2) is 4.39 Å². The number of Topliss-reactive ketones (excluding diaryl/α,β-unsaturated/α-hetero) is 1. The Morgan fingerprint density at radius 2 is 1.74 bits per heavy atom. The van der Waals surface area contributed by atoms with Crippen molar-refractivity contribution in [2.45, 2.75) is 6.04 Å². The van der Waals surface area contributed by atoms with Gasteiger partial charge in [-0.05, 0) is 54.1 Å². The lowest BCUT2D eigenvalue weighted by Crippen LogP contribution is -2.29. The highest BCUT2D eigenvalue weighted by atomic mass is 35.5. The van der Waals surface area contributed by atoms with Crippen LogP contribution >= 0.6 is 23.2 Å². The lowest BCUT2D eigenvalue weighted by Gasteiger charge is -2.25. The standard InChI is InChI=1S/C25H15Cl2FN2O4/c1-34-24-18(10-15(26)11-19(24)27)22(31)20-21(14-4-6-16(28)7-5-14)30(25(33)23(20)32)17-8-2-13(12-29)3-9-17/h2-11,21,31H,1H3/b22-20+. The number of hydrogen-bond acceptors (Lipinski definition) is 5. The number of carbonyl (C=O) groups is 2. The van der Waals surface area contributed by atoms with Crippen molar-refractivity contribution in [3.05, 3.63) is 98.8 Å². The minimum absolute atomic E-state index is 0.0185. The number of benzene rings is 3. The molecule has 0 aromatic heterocycles. The fraction of sp³-hybridized carbons (Fsp3) is 0.0800. The SMILES string of the molecule is COc1c(Cl)cc(Cl)cc1/C(O)=C1\C(=O)C(=O)N(c2ccc(C#N)cc2)C1c1ccc(F)cc1. The summed E-state index contributed by atoms with van der Waals surface area (Å²) in [5.41, 5.74) is 0.809. The van der Waals surface area contributed by atoms with Crippen LogP contribution in [0.4, 0.5) is 10.1 Å². The molecule has 9 heteroatoms. The number of rotatable bonds is 4. The van der Waals surface area contributed by atoms with E-state index in [0.717, 1.165) is 0 Å². The van der Waals surface area contributed by atoms with E-state index < -0.39 is 29.3 Å². The van der Waals surface area contributed by atoms with E-state index in [0.29, 0.717) is 16.8 Å². The number of ether oxygens (including phenoxy) is 1. The predicted molar refractivity (Wildman–Crippen MR) is 125 cm³/mol. The highest BCUT2D eigenvalue weighted by molar-refractivity contribution is 6.51. The lowest BCUT2D eigenvalue weighted by molar-refractivity contribution is -0.132. The van der Waals surface area contributed by atoms with Crippen LogP contribution in [0.15, 0.2) is 66.2 Å². The molecule has 170 valence electrons. The average molecular weight is 497 g/mol. The van der Waals surface area contributed by atoms with Crippen LogP contribution in [-0.4, -0.2) is 23.9 Å². The number of amides is 1. The second-order valence-electron chi connectivity index (χ2n) is 7.35. The number of methoxy groups -OCH3 is 1. The molecule has 1 atom stereocenters. The van der Waals surface area contributed by atoms with Crippen molar-refractivity contribution in [1.29, 1.82) is 5.26 Å². The second-order valence-corrected chi connectivity index (χ2v) is 8.19. The van der Waals surface area contributed by atoms with Crippen LogP contribution in [0.2, 0.25) is 10.0 Å². The van der Waals surface area contributed by atoms with Gasteiger partial charge < -0.3 is 9.84 Å². The van der Waals surface area contributed by atoms with Crippen LogP contribution in [0.25, 0.3) is 5.76 Å². The molecule has 0 bridgehead atoms. The molecule has 1 aliphatic rings. The number of ketones is 1. The number of nitriles is 1. The van der Waals surface area contributed by atoms with E-state index >= 15 is 0 Å². The summed E-state index contributed by atoms with van der Waals surface area (Å²) in [5, 5.41) is 20.6. The molecule has 6 nitrogen and oxygen atoms in total. The van der Waals surface area contributed by atoms with Gasteiger partial charge in [-0.2, -0.15) is 5.26 Å². The molecule has 1 saturated heterocycles. The monoisotopic (exact) mass is 496 g/mol. The first-order valence-corrected chi connectivity index (χ1v) is 10.6. The molecule has 4 rings (SSSR count).